The number of carbonyl (C=O) groups excluding carboxylic acids is 1. The molecule has 30 heavy (non-hydrogen) atoms. The standard InChI is InChI=1S/C15H7F11N2O2/c16-11(13(19,20)21,30-15(25,26)12(17,18)14(22,23)24)10(29)28-8-3-4-9-7(6-8)2-1-5-27-9/h1-6H,(H,28,29). The first-order valence-electron chi connectivity index (χ1n) is 7.37. The van der Waals surface area contributed by atoms with E-state index in [1.54, 1.807) is 0 Å². The smallest absolute Gasteiger partial charge is 0.321 e. The van der Waals surface area contributed by atoms with Crippen LogP contribution in [0, 0.1) is 0 Å². The summed E-state index contributed by atoms with van der Waals surface area (Å²) in [5.74, 6) is -16.6. The van der Waals surface area contributed by atoms with Crippen molar-refractivity contribution in [1.82, 2.24) is 4.98 Å². The highest BCUT2D eigenvalue weighted by Gasteiger charge is 2.79. The second-order valence-corrected chi connectivity index (χ2v) is 5.65. The molecule has 1 N–H and O–H groups in total. The Balaban J connectivity index is 2.41. The summed E-state index contributed by atoms with van der Waals surface area (Å²) in [7, 11) is 0. The highest BCUT2D eigenvalue weighted by Crippen LogP contribution is 2.51. The number of anilines is 1. The molecule has 1 heterocycles. The van der Waals surface area contributed by atoms with Gasteiger partial charge in [0.25, 0.3) is 5.91 Å². The third-order valence-corrected chi connectivity index (χ3v) is 3.51. The van der Waals surface area contributed by atoms with Gasteiger partial charge in [0, 0.05) is 17.3 Å². The first kappa shape index (κ1) is 23.6. The second kappa shape index (κ2) is 7.21. The number of ether oxygens (including phenoxy) is 1. The highest BCUT2D eigenvalue weighted by atomic mass is 19.4. The predicted octanol–water partition coefficient (Wildman–Crippen LogP) is 5.21. The van der Waals surface area contributed by atoms with Crippen LogP contribution in [0.3, 0.4) is 0 Å². The molecule has 4 nitrogen and oxygen atoms in total. The normalized spacial score (nSPS) is 15.7. The number of alkyl halides is 11. The summed E-state index contributed by atoms with van der Waals surface area (Å²) in [6, 6.07) is 5.53. The van der Waals surface area contributed by atoms with Crippen molar-refractivity contribution in [2.45, 2.75) is 30.2 Å². The molecule has 2 aromatic rings. The van der Waals surface area contributed by atoms with Crippen molar-refractivity contribution < 1.29 is 57.8 Å². The van der Waals surface area contributed by atoms with E-state index in [0.717, 1.165) is 23.5 Å². The minimum atomic E-state index is -7.25. The van der Waals surface area contributed by atoms with E-state index < -0.39 is 41.8 Å². The number of carbonyl (C=O) groups is 1. The van der Waals surface area contributed by atoms with Crippen LogP contribution in [-0.4, -0.2) is 41.1 Å². The van der Waals surface area contributed by atoms with Crippen LogP contribution in [0.15, 0.2) is 36.5 Å². The molecule has 0 aliphatic heterocycles. The Morgan fingerprint density at radius 3 is 2.00 bits per heavy atom. The molecule has 1 unspecified atom stereocenters. The molecule has 0 aliphatic carbocycles. The van der Waals surface area contributed by atoms with Gasteiger partial charge in [0.2, 0.25) is 0 Å². The maximum atomic E-state index is 14.2. The van der Waals surface area contributed by atoms with Crippen molar-refractivity contribution in [1.29, 1.82) is 0 Å². The van der Waals surface area contributed by atoms with Crippen molar-refractivity contribution >= 4 is 22.5 Å². The van der Waals surface area contributed by atoms with Gasteiger partial charge in [0.15, 0.2) is 0 Å². The summed E-state index contributed by atoms with van der Waals surface area (Å²) in [5, 5.41) is 1.32. The van der Waals surface area contributed by atoms with Gasteiger partial charge in [0.05, 0.1) is 5.52 Å². The zero-order valence-corrected chi connectivity index (χ0v) is 13.9. The predicted molar refractivity (Wildman–Crippen MR) is 77.3 cm³/mol. The Morgan fingerprint density at radius 2 is 1.47 bits per heavy atom. The maximum Gasteiger partial charge on any atom is 0.462 e. The Bertz CT molecular complexity index is 942. The number of aromatic nitrogens is 1. The fraction of sp³-hybridized carbons (Fsp3) is 0.333. The molecular weight excluding hydrogens is 449 g/mol. The molecule has 1 aromatic heterocycles. The van der Waals surface area contributed by atoms with Crippen LogP contribution in [-0.2, 0) is 9.53 Å². The lowest BCUT2D eigenvalue weighted by atomic mass is 10.2. The second-order valence-electron chi connectivity index (χ2n) is 5.65. The van der Waals surface area contributed by atoms with Gasteiger partial charge >= 0.3 is 30.2 Å². The van der Waals surface area contributed by atoms with Crippen molar-refractivity contribution in [3.8, 4) is 0 Å². The lowest BCUT2D eigenvalue weighted by molar-refractivity contribution is -0.472. The molecule has 1 aromatic carbocycles. The third kappa shape index (κ3) is 4.11. The average molecular weight is 456 g/mol. The molecule has 15 heteroatoms. The average Bonchev–Trinajstić information content (AvgIpc) is 2.59. The number of benzene rings is 1. The van der Waals surface area contributed by atoms with E-state index in [0.29, 0.717) is 0 Å². The monoisotopic (exact) mass is 456 g/mol. The van der Waals surface area contributed by atoms with Crippen LogP contribution in [0.5, 0.6) is 0 Å². The molecule has 0 saturated carbocycles. The van der Waals surface area contributed by atoms with Gasteiger partial charge in [-0.1, -0.05) is 6.07 Å². The van der Waals surface area contributed by atoms with Crippen molar-refractivity contribution in [2.75, 3.05) is 5.32 Å². The molecule has 166 valence electrons. The van der Waals surface area contributed by atoms with E-state index in [1.807, 2.05) is 0 Å². The van der Waals surface area contributed by atoms with E-state index in [9.17, 15) is 53.1 Å². The highest BCUT2D eigenvalue weighted by molar-refractivity contribution is 5.98. The molecule has 2 rings (SSSR count). The lowest BCUT2D eigenvalue weighted by Crippen LogP contribution is -2.62. The van der Waals surface area contributed by atoms with Crippen LogP contribution < -0.4 is 5.32 Å². The molecule has 0 radical (unpaired) electrons. The van der Waals surface area contributed by atoms with Crippen LogP contribution in [0.25, 0.3) is 10.9 Å². The summed E-state index contributed by atoms with van der Waals surface area (Å²) in [4.78, 5) is 15.5. The molecule has 0 spiro atoms. The molecule has 0 saturated heterocycles. The van der Waals surface area contributed by atoms with Crippen LogP contribution in [0.4, 0.5) is 54.0 Å². The number of rotatable bonds is 5. The fourth-order valence-electron chi connectivity index (χ4n) is 2.00. The number of nitrogens with one attached hydrogen (secondary N) is 1. The summed E-state index contributed by atoms with van der Waals surface area (Å²) >= 11 is 0. The van der Waals surface area contributed by atoms with E-state index in [-0.39, 0.29) is 10.9 Å². The minimum absolute atomic E-state index is 0.168. The zero-order valence-electron chi connectivity index (χ0n) is 13.9. The first-order valence-corrected chi connectivity index (χ1v) is 7.37. The third-order valence-electron chi connectivity index (χ3n) is 3.51. The van der Waals surface area contributed by atoms with Crippen LogP contribution >= 0.6 is 0 Å². The summed E-state index contributed by atoms with van der Waals surface area (Å²) in [6.45, 7) is 0. The van der Waals surface area contributed by atoms with Gasteiger partial charge in [-0.05, 0) is 24.3 Å². The topological polar surface area (TPSA) is 51.2 Å². The SMILES string of the molecule is O=C(Nc1ccc2ncccc2c1)C(F)(OC(F)(F)C(F)(F)C(F)(F)F)C(F)(F)F. The number of hydrogen-bond donors (Lipinski definition) is 1. The number of fused-ring (bicyclic) bond motifs is 1. The molecule has 1 amide bonds. The fourth-order valence-corrected chi connectivity index (χ4v) is 2.00. The number of pyridine rings is 1. The van der Waals surface area contributed by atoms with Crippen LogP contribution in [0.1, 0.15) is 0 Å². The number of hydrogen-bond acceptors (Lipinski definition) is 3. The Labute approximate surface area is 158 Å². The number of halogens is 11. The molecule has 0 fully saturated rings. The Kier molecular flexibility index (Phi) is 5.66. The van der Waals surface area contributed by atoms with Crippen molar-refractivity contribution in [3.63, 3.8) is 0 Å². The van der Waals surface area contributed by atoms with E-state index in [4.69, 9.17) is 0 Å². The zero-order chi connectivity index (χ0) is 23.2. The van der Waals surface area contributed by atoms with Gasteiger partial charge in [0.1, 0.15) is 0 Å². The number of amides is 1. The summed E-state index contributed by atoms with van der Waals surface area (Å²) in [5.41, 5.74) is -0.410. The van der Waals surface area contributed by atoms with E-state index in [2.05, 4.69) is 9.72 Å². The largest absolute Gasteiger partial charge is 0.462 e. The van der Waals surface area contributed by atoms with E-state index in [1.165, 1.54) is 18.3 Å². The van der Waals surface area contributed by atoms with Gasteiger partial charge < -0.3 is 5.32 Å². The minimum Gasteiger partial charge on any atom is -0.321 e. The molecule has 0 aliphatic rings. The summed E-state index contributed by atoms with van der Waals surface area (Å²) in [6.07, 6.45) is -19.7. The van der Waals surface area contributed by atoms with E-state index >= 15 is 0 Å². The molecular formula is C15H7F11N2O2. The maximum absolute atomic E-state index is 14.2. The summed E-state index contributed by atoms with van der Waals surface area (Å²) < 4.78 is 143. The molecule has 1 atom stereocenters. The van der Waals surface area contributed by atoms with Gasteiger partial charge in [-0.15, -0.1) is 0 Å². The lowest BCUT2D eigenvalue weighted by Gasteiger charge is -2.34. The Hall–Kier alpha value is -2.71. The van der Waals surface area contributed by atoms with Gasteiger partial charge in [-0.25, -0.2) is 0 Å². The first-order chi connectivity index (χ1) is 13.4. The van der Waals surface area contributed by atoms with Crippen LogP contribution in [0.2, 0.25) is 0 Å². The van der Waals surface area contributed by atoms with Gasteiger partial charge in [-0.2, -0.15) is 48.3 Å². The van der Waals surface area contributed by atoms with Gasteiger partial charge in [-0.3, -0.25) is 14.5 Å². The number of nitrogens with zero attached hydrogens (tertiary/aromatic N) is 1. The van der Waals surface area contributed by atoms with Crippen molar-refractivity contribution in [3.05, 3.63) is 36.5 Å². The molecule has 0 bridgehead atoms. The Morgan fingerprint density at radius 1 is 0.867 bits per heavy atom. The quantitative estimate of drug-likeness (QED) is 0.629. The van der Waals surface area contributed by atoms with Crippen molar-refractivity contribution in [2.24, 2.45) is 0 Å².